The van der Waals surface area contributed by atoms with Gasteiger partial charge in [-0.3, -0.25) is 0 Å². The van der Waals surface area contributed by atoms with Crippen molar-refractivity contribution in [1.29, 1.82) is 0 Å². The molecular weight excluding hydrogens is 302 g/mol. The molecule has 0 saturated heterocycles. The third kappa shape index (κ3) is 4.19. The summed E-state index contributed by atoms with van der Waals surface area (Å²) in [7, 11) is 0. The van der Waals surface area contributed by atoms with Crippen molar-refractivity contribution in [3.05, 3.63) is 90.3 Å². The Morgan fingerprint density at radius 1 is 0.952 bits per heavy atom. The van der Waals surface area contributed by atoms with Crippen LogP contribution >= 0.6 is 0 Å². The van der Waals surface area contributed by atoms with E-state index in [9.17, 15) is 0 Å². The Balaban J connectivity index is 0.000000231. The number of fused-ring (bicyclic) bond motifs is 1. The molecule has 1 heterocycles. The van der Waals surface area contributed by atoms with Gasteiger partial charge in [0.2, 0.25) is 0 Å². The minimum absolute atomic E-state index is 0. The fraction of sp³-hybridized carbons (Fsp3) is 0.0556. The Morgan fingerprint density at radius 2 is 1.67 bits per heavy atom. The predicted molar refractivity (Wildman–Crippen MR) is 80.9 cm³/mol. The average molecular weight is 317 g/mol. The molecule has 2 nitrogen and oxygen atoms in total. The summed E-state index contributed by atoms with van der Waals surface area (Å²) >= 11 is 0. The molecule has 4 rings (SSSR count). The molecule has 0 unspecified atom stereocenters. The molecule has 0 aliphatic carbocycles. The Bertz CT molecular complexity index is 688. The molecule has 0 saturated carbocycles. The fourth-order valence-corrected chi connectivity index (χ4v) is 2.02. The van der Waals surface area contributed by atoms with Crippen LogP contribution in [0.25, 0.3) is 11.1 Å². The second kappa shape index (κ2) is 7.63. The maximum atomic E-state index is 5.63. The molecule has 21 heavy (non-hydrogen) atoms. The minimum atomic E-state index is 0. The molecule has 0 spiro atoms. The molecule has 0 bridgehead atoms. The number of aromatic nitrogens is 1. The molecule has 0 aliphatic heterocycles. The van der Waals surface area contributed by atoms with E-state index in [1.807, 2.05) is 66.7 Å². The third-order valence-electron chi connectivity index (χ3n) is 2.98. The van der Waals surface area contributed by atoms with E-state index in [2.05, 4.69) is 17.1 Å². The molecule has 0 N–H and O–H groups in total. The largest absolute Gasteiger partial charge is 2.00 e. The second-order valence-corrected chi connectivity index (χ2v) is 4.51. The molecule has 3 aromatic carbocycles. The third-order valence-corrected chi connectivity index (χ3v) is 2.98. The number of oxazole rings is 1. The van der Waals surface area contributed by atoms with Gasteiger partial charge >= 0.3 is 17.1 Å². The first-order valence-electron chi connectivity index (χ1n) is 6.63. The quantitative estimate of drug-likeness (QED) is 0.401. The predicted octanol–water partition coefficient (Wildman–Crippen LogP) is 4.54. The molecule has 0 radical (unpaired) electrons. The van der Waals surface area contributed by atoms with Gasteiger partial charge in [0, 0.05) is 6.42 Å². The van der Waals surface area contributed by atoms with Crippen LogP contribution in [0.4, 0.5) is 0 Å². The molecule has 0 amide bonds. The monoisotopic (exact) mass is 317 g/mol. The van der Waals surface area contributed by atoms with Crippen LogP contribution in [-0.2, 0) is 23.5 Å². The number of hydrogen-bond donors (Lipinski definition) is 0. The van der Waals surface area contributed by atoms with Crippen molar-refractivity contribution in [2.24, 2.45) is 0 Å². The summed E-state index contributed by atoms with van der Waals surface area (Å²) in [5, 5.41) is 0. The van der Waals surface area contributed by atoms with Gasteiger partial charge < -0.3 is 4.42 Å². The van der Waals surface area contributed by atoms with Crippen LogP contribution in [-0.4, -0.2) is 4.98 Å². The number of rotatable bonds is 2. The van der Waals surface area contributed by atoms with E-state index in [-0.39, 0.29) is 17.1 Å². The SMILES string of the molecule is [Fe+2].c1cc[cH-]c1.c1ccc2oc(C[c-]3cccc3)nc2c1. The van der Waals surface area contributed by atoms with Gasteiger partial charge in [0.05, 0.1) is 0 Å². The van der Waals surface area contributed by atoms with Crippen molar-refractivity contribution in [3.8, 4) is 0 Å². The van der Waals surface area contributed by atoms with Gasteiger partial charge in [-0.15, -0.1) is 5.56 Å². The minimum Gasteiger partial charge on any atom is -0.441 e. The summed E-state index contributed by atoms with van der Waals surface area (Å²) in [6.07, 6.45) is 0.766. The second-order valence-electron chi connectivity index (χ2n) is 4.51. The van der Waals surface area contributed by atoms with Crippen LogP contribution in [0.2, 0.25) is 0 Å². The van der Waals surface area contributed by atoms with Crippen LogP contribution in [0.3, 0.4) is 0 Å². The topological polar surface area (TPSA) is 26.0 Å². The summed E-state index contributed by atoms with van der Waals surface area (Å²) in [6.45, 7) is 0. The first-order chi connectivity index (χ1) is 9.92. The van der Waals surface area contributed by atoms with Gasteiger partial charge in [-0.1, -0.05) is 12.1 Å². The molecule has 4 aromatic rings. The Kier molecular flexibility index (Phi) is 5.56. The Labute approximate surface area is 134 Å². The van der Waals surface area contributed by atoms with E-state index < -0.39 is 0 Å². The van der Waals surface area contributed by atoms with E-state index in [4.69, 9.17) is 4.42 Å². The van der Waals surface area contributed by atoms with Crippen molar-refractivity contribution in [2.75, 3.05) is 0 Å². The average Bonchev–Trinajstić information content (AvgIpc) is 3.22. The number of benzene rings is 1. The normalized spacial score (nSPS) is 9.71. The van der Waals surface area contributed by atoms with E-state index in [1.165, 1.54) is 5.56 Å². The van der Waals surface area contributed by atoms with Crippen LogP contribution < -0.4 is 0 Å². The first kappa shape index (κ1) is 15.3. The van der Waals surface area contributed by atoms with E-state index in [0.717, 1.165) is 23.4 Å². The van der Waals surface area contributed by atoms with Crippen LogP contribution in [0.5, 0.6) is 0 Å². The number of nitrogens with zero attached hydrogens (tertiary/aromatic N) is 1. The number of para-hydroxylation sites is 2. The fourth-order valence-electron chi connectivity index (χ4n) is 2.02. The molecule has 0 fully saturated rings. The van der Waals surface area contributed by atoms with Gasteiger partial charge in [0.15, 0.2) is 11.5 Å². The maximum absolute atomic E-state index is 5.63. The zero-order valence-electron chi connectivity index (χ0n) is 11.4. The molecule has 3 heteroatoms. The summed E-state index contributed by atoms with van der Waals surface area (Å²) in [4.78, 5) is 4.42. The van der Waals surface area contributed by atoms with Gasteiger partial charge in [0.1, 0.15) is 5.52 Å². The van der Waals surface area contributed by atoms with Crippen LogP contribution in [0.1, 0.15) is 11.5 Å². The van der Waals surface area contributed by atoms with Crippen molar-refractivity contribution in [1.82, 2.24) is 4.98 Å². The van der Waals surface area contributed by atoms with Crippen molar-refractivity contribution < 1.29 is 21.5 Å². The van der Waals surface area contributed by atoms with Gasteiger partial charge in [0.25, 0.3) is 0 Å². The molecule has 0 aliphatic rings. The van der Waals surface area contributed by atoms with E-state index in [1.54, 1.807) is 0 Å². The number of hydrogen-bond acceptors (Lipinski definition) is 2. The maximum Gasteiger partial charge on any atom is 2.00 e. The van der Waals surface area contributed by atoms with Crippen molar-refractivity contribution >= 4 is 11.1 Å². The van der Waals surface area contributed by atoms with Gasteiger partial charge in [-0.2, -0.15) is 30.3 Å². The van der Waals surface area contributed by atoms with Crippen LogP contribution in [0.15, 0.2) is 83.3 Å². The van der Waals surface area contributed by atoms with Gasteiger partial charge in [-0.05, 0) is 12.1 Å². The summed E-state index contributed by atoms with van der Waals surface area (Å²) in [5.74, 6) is 0.780. The van der Waals surface area contributed by atoms with E-state index >= 15 is 0 Å². The van der Waals surface area contributed by atoms with E-state index in [0.29, 0.717) is 0 Å². The molecular formula is C18H15FeNO. The summed E-state index contributed by atoms with van der Waals surface area (Å²) in [5.41, 5.74) is 3.03. The summed E-state index contributed by atoms with van der Waals surface area (Å²) < 4.78 is 5.63. The smallest absolute Gasteiger partial charge is 0.441 e. The molecule has 1 aromatic heterocycles. The summed E-state index contributed by atoms with van der Waals surface area (Å²) in [6, 6.07) is 26.0. The van der Waals surface area contributed by atoms with Crippen molar-refractivity contribution in [2.45, 2.75) is 6.42 Å². The molecule has 0 atom stereocenters. The van der Waals surface area contributed by atoms with Gasteiger partial charge in [-0.25, -0.2) is 29.2 Å². The Morgan fingerprint density at radius 3 is 2.29 bits per heavy atom. The standard InChI is InChI=1S/C13H10NO.C5H5.Fe/c1-2-6-10(5-1)9-13-14-11-7-3-4-8-12(11)15-13;1-2-4-5-3-1;/h1-8H,9H2;1-5H;/q2*-1;+2. The zero-order chi connectivity index (χ0) is 13.6. The molecule has 106 valence electrons. The van der Waals surface area contributed by atoms with Crippen molar-refractivity contribution in [3.63, 3.8) is 0 Å². The zero-order valence-corrected chi connectivity index (χ0v) is 12.5. The van der Waals surface area contributed by atoms with Crippen LogP contribution in [0, 0.1) is 0 Å². The Hall–Kier alpha value is -2.09. The first-order valence-corrected chi connectivity index (χ1v) is 6.63.